The van der Waals surface area contributed by atoms with E-state index in [-0.39, 0.29) is 17.4 Å². The topological polar surface area (TPSA) is 99.5 Å². The molecule has 1 heterocycles. The van der Waals surface area contributed by atoms with E-state index < -0.39 is 22.0 Å². The van der Waals surface area contributed by atoms with Crippen LogP contribution in [0.3, 0.4) is 0 Å². The molecule has 5 rings (SSSR count). The van der Waals surface area contributed by atoms with E-state index in [4.69, 9.17) is 9.84 Å². The third-order valence-corrected chi connectivity index (χ3v) is 10.4. The van der Waals surface area contributed by atoms with Crippen molar-refractivity contribution in [3.63, 3.8) is 0 Å². The van der Waals surface area contributed by atoms with Crippen molar-refractivity contribution in [3.8, 4) is 5.75 Å². The first-order valence-electron chi connectivity index (χ1n) is 15.7. The molecule has 9 heteroatoms. The number of hydrogen-bond donors (Lipinski definition) is 1. The number of aliphatic carboxylic acids is 1. The standard InChI is InChI=1S/C37H41N3O5S/c1-4-5-7-10-27-13-15-30(16-14-27)35-26-34(29-17-21-32(45-3)22-18-29)38-40(35)31-19-23-33(24-20-31)46(43,44)39(2)36(37(41)42)25-28-11-8-6-9-12-28/h6,8-9,11-24,35-36H,4-5,7,10,25-26H2,1-3H3,(H,41,42)/t35?,36-/m0/s1. The summed E-state index contributed by atoms with van der Waals surface area (Å²) in [6, 6.07) is 30.7. The van der Waals surface area contributed by atoms with E-state index in [1.165, 1.54) is 44.0 Å². The van der Waals surface area contributed by atoms with Crippen molar-refractivity contribution in [2.24, 2.45) is 5.10 Å². The van der Waals surface area contributed by atoms with E-state index in [1.54, 1.807) is 43.5 Å². The molecule has 1 aliphatic heterocycles. The molecule has 240 valence electrons. The Morgan fingerprint density at radius 2 is 1.61 bits per heavy atom. The van der Waals surface area contributed by atoms with Gasteiger partial charge in [-0.05, 0) is 90.0 Å². The number of ether oxygens (including phenoxy) is 1. The molecule has 0 radical (unpaired) electrons. The van der Waals surface area contributed by atoms with Crippen LogP contribution in [-0.2, 0) is 27.7 Å². The molecule has 2 atom stereocenters. The van der Waals surface area contributed by atoms with Gasteiger partial charge in [0, 0.05) is 13.5 Å². The zero-order valence-electron chi connectivity index (χ0n) is 26.5. The van der Waals surface area contributed by atoms with Crippen LogP contribution in [0.2, 0.25) is 0 Å². The van der Waals surface area contributed by atoms with Gasteiger partial charge in [0.1, 0.15) is 11.8 Å². The molecule has 8 nitrogen and oxygen atoms in total. The monoisotopic (exact) mass is 639 g/mol. The Morgan fingerprint density at radius 3 is 2.22 bits per heavy atom. The number of aryl methyl sites for hydroxylation is 1. The highest BCUT2D eigenvalue weighted by atomic mass is 32.2. The molecule has 1 N–H and O–H groups in total. The van der Waals surface area contributed by atoms with E-state index in [9.17, 15) is 18.3 Å². The average Bonchev–Trinajstić information content (AvgIpc) is 3.53. The van der Waals surface area contributed by atoms with Crippen LogP contribution in [0, 0.1) is 0 Å². The van der Waals surface area contributed by atoms with Gasteiger partial charge in [0.2, 0.25) is 10.0 Å². The van der Waals surface area contributed by atoms with Gasteiger partial charge >= 0.3 is 5.97 Å². The minimum atomic E-state index is -4.10. The van der Waals surface area contributed by atoms with Gasteiger partial charge in [-0.2, -0.15) is 9.41 Å². The van der Waals surface area contributed by atoms with Crippen molar-refractivity contribution in [1.82, 2.24) is 4.31 Å². The van der Waals surface area contributed by atoms with Gasteiger partial charge in [0.25, 0.3) is 0 Å². The molecule has 0 spiro atoms. The summed E-state index contributed by atoms with van der Waals surface area (Å²) >= 11 is 0. The normalized spacial score (nSPS) is 15.5. The lowest BCUT2D eigenvalue weighted by Crippen LogP contribution is -2.43. The van der Waals surface area contributed by atoms with Crippen LogP contribution in [-0.4, -0.2) is 49.7 Å². The number of sulfonamides is 1. The van der Waals surface area contributed by atoms with Crippen molar-refractivity contribution in [1.29, 1.82) is 0 Å². The number of likely N-dealkylation sites (N-methyl/N-ethyl adjacent to an activating group) is 1. The van der Waals surface area contributed by atoms with Crippen LogP contribution in [0.15, 0.2) is 113 Å². The summed E-state index contributed by atoms with van der Waals surface area (Å²) in [5.74, 6) is -0.437. The SMILES string of the molecule is CCCCCc1ccc(C2CC(c3ccc(OC)cc3)=NN2c2ccc(S(=O)(=O)N(C)[C@@H](Cc3ccccc3)C(=O)O)cc2)cc1. The van der Waals surface area contributed by atoms with Gasteiger partial charge in [-0.3, -0.25) is 9.80 Å². The summed E-state index contributed by atoms with van der Waals surface area (Å²) < 4.78 is 33.5. The number of hydrazone groups is 1. The van der Waals surface area contributed by atoms with E-state index in [1.807, 2.05) is 35.3 Å². The highest BCUT2D eigenvalue weighted by Gasteiger charge is 2.34. The van der Waals surface area contributed by atoms with Gasteiger partial charge in [-0.15, -0.1) is 0 Å². The fraction of sp³-hybridized carbons (Fsp3) is 0.297. The number of anilines is 1. The van der Waals surface area contributed by atoms with Crippen molar-refractivity contribution in [2.75, 3.05) is 19.2 Å². The van der Waals surface area contributed by atoms with Gasteiger partial charge in [0.15, 0.2) is 0 Å². The Bertz CT molecular complexity index is 1740. The molecular formula is C37H41N3O5S. The molecule has 0 bridgehead atoms. The summed E-state index contributed by atoms with van der Waals surface area (Å²) in [6.07, 6.45) is 5.34. The Hall–Kier alpha value is -4.47. The molecule has 46 heavy (non-hydrogen) atoms. The predicted octanol–water partition coefficient (Wildman–Crippen LogP) is 7.10. The van der Waals surface area contributed by atoms with Gasteiger partial charge in [-0.25, -0.2) is 8.42 Å². The number of hydrogen-bond acceptors (Lipinski definition) is 6. The molecule has 0 saturated heterocycles. The first-order valence-corrected chi connectivity index (χ1v) is 17.1. The number of carbonyl (C=O) groups is 1. The van der Waals surface area contributed by atoms with Crippen LogP contribution in [0.4, 0.5) is 5.69 Å². The molecule has 0 amide bonds. The lowest BCUT2D eigenvalue weighted by atomic mass is 9.96. The number of benzene rings is 4. The van der Waals surface area contributed by atoms with E-state index in [0.29, 0.717) is 6.42 Å². The first kappa shape index (κ1) is 32.9. The van der Waals surface area contributed by atoms with Crippen molar-refractivity contribution in [3.05, 3.63) is 125 Å². The van der Waals surface area contributed by atoms with Gasteiger partial charge in [-0.1, -0.05) is 74.4 Å². The number of carboxylic acids is 1. The quantitative estimate of drug-likeness (QED) is 0.148. The summed E-state index contributed by atoms with van der Waals surface area (Å²) in [7, 11) is -1.14. The number of carboxylic acid groups (broad SMARTS) is 1. The van der Waals surface area contributed by atoms with Crippen LogP contribution < -0.4 is 9.75 Å². The Morgan fingerprint density at radius 1 is 0.935 bits per heavy atom. The Labute approximate surface area is 272 Å². The van der Waals surface area contributed by atoms with Crippen LogP contribution in [0.25, 0.3) is 0 Å². The number of unbranched alkanes of at least 4 members (excludes halogenated alkanes) is 2. The molecule has 4 aromatic carbocycles. The fourth-order valence-corrected chi connectivity index (χ4v) is 7.08. The molecular weight excluding hydrogens is 598 g/mol. The zero-order chi connectivity index (χ0) is 32.7. The molecule has 1 unspecified atom stereocenters. The second-order valence-corrected chi connectivity index (χ2v) is 13.6. The molecule has 0 saturated carbocycles. The van der Waals surface area contributed by atoms with Gasteiger partial charge in [0.05, 0.1) is 29.4 Å². The Kier molecular flexibility index (Phi) is 10.6. The smallest absolute Gasteiger partial charge is 0.322 e. The van der Waals surface area contributed by atoms with E-state index in [2.05, 4.69) is 31.2 Å². The van der Waals surface area contributed by atoms with E-state index in [0.717, 1.165) is 44.6 Å². The average molecular weight is 640 g/mol. The van der Waals surface area contributed by atoms with Crippen molar-refractivity contribution in [2.45, 2.75) is 62.4 Å². The maximum atomic E-state index is 13.6. The van der Waals surface area contributed by atoms with Crippen LogP contribution in [0.5, 0.6) is 5.75 Å². The first-order chi connectivity index (χ1) is 22.2. The van der Waals surface area contributed by atoms with Crippen LogP contribution >= 0.6 is 0 Å². The highest BCUT2D eigenvalue weighted by molar-refractivity contribution is 7.89. The van der Waals surface area contributed by atoms with Crippen molar-refractivity contribution >= 4 is 27.4 Å². The number of rotatable bonds is 14. The second-order valence-electron chi connectivity index (χ2n) is 11.6. The maximum absolute atomic E-state index is 13.6. The van der Waals surface area contributed by atoms with E-state index >= 15 is 0 Å². The fourth-order valence-electron chi connectivity index (χ4n) is 5.76. The minimum absolute atomic E-state index is 0.0181. The summed E-state index contributed by atoms with van der Waals surface area (Å²) in [6.45, 7) is 2.21. The zero-order valence-corrected chi connectivity index (χ0v) is 27.4. The third-order valence-electron chi connectivity index (χ3n) is 8.54. The lowest BCUT2D eigenvalue weighted by molar-refractivity contribution is -0.141. The predicted molar refractivity (Wildman–Crippen MR) is 182 cm³/mol. The minimum Gasteiger partial charge on any atom is -0.497 e. The third kappa shape index (κ3) is 7.49. The maximum Gasteiger partial charge on any atom is 0.322 e. The Balaban J connectivity index is 1.42. The number of methoxy groups -OCH3 is 1. The summed E-state index contributed by atoms with van der Waals surface area (Å²) in [5.41, 5.74) is 5.81. The molecule has 0 aromatic heterocycles. The summed E-state index contributed by atoms with van der Waals surface area (Å²) in [4.78, 5) is 12.2. The second kappa shape index (κ2) is 14.7. The summed E-state index contributed by atoms with van der Waals surface area (Å²) in [5, 5.41) is 16.9. The lowest BCUT2D eigenvalue weighted by Gasteiger charge is -2.26. The molecule has 1 aliphatic rings. The largest absolute Gasteiger partial charge is 0.497 e. The van der Waals surface area contributed by atoms with Crippen LogP contribution in [0.1, 0.15) is 60.9 Å². The highest BCUT2D eigenvalue weighted by Crippen LogP contribution is 2.37. The number of nitrogens with zero attached hydrogens (tertiary/aromatic N) is 3. The molecule has 0 aliphatic carbocycles. The van der Waals surface area contributed by atoms with Gasteiger partial charge < -0.3 is 9.84 Å². The van der Waals surface area contributed by atoms with Crippen molar-refractivity contribution < 1.29 is 23.1 Å². The molecule has 0 fully saturated rings. The molecule has 4 aromatic rings.